The summed E-state index contributed by atoms with van der Waals surface area (Å²) in [5, 5.41) is 11.6. The highest BCUT2D eigenvalue weighted by Crippen LogP contribution is 2.37. The first-order valence-electron chi connectivity index (χ1n) is 4.42. The van der Waals surface area contributed by atoms with E-state index in [-0.39, 0.29) is 0 Å². The lowest BCUT2D eigenvalue weighted by atomic mass is 10.1. The fourth-order valence-electron chi connectivity index (χ4n) is 1.44. The molecule has 3 aromatic heterocycles. The summed E-state index contributed by atoms with van der Waals surface area (Å²) < 4.78 is 0. The van der Waals surface area contributed by atoms with Crippen molar-refractivity contribution in [3.8, 4) is 21.6 Å². The number of hydrogen-bond donors (Lipinski definition) is 0. The molecule has 0 bridgehead atoms. The van der Waals surface area contributed by atoms with Gasteiger partial charge in [-0.2, -0.15) is 22.7 Å². The molecule has 15 heavy (non-hydrogen) atoms. The SMILES string of the molecule is [c]1[c]c(-c2ccsc2)c(-c2ccsc2)s1. The smallest absolute Gasteiger partial charge is 0.0541 e. The maximum absolute atomic E-state index is 3.20. The van der Waals surface area contributed by atoms with Gasteiger partial charge >= 0.3 is 0 Å². The summed E-state index contributed by atoms with van der Waals surface area (Å²) in [5.74, 6) is 0. The van der Waals surface area contributed by atoms with E-state index in [1.54, 1.807) is 34.0 Å². The predicted octanol–water partition coefficient (Wildman–Crippen LogP) is 4.81. The minimum absolute atomic E-state index is 1.18. The quantitative estimate of drug-likeness (QED) is 0.609. The minimum Gasteiger partial charge on any atom is -0.152 e. The lowest BCUT2D eigenvalue weighted by Gasteiger charge is -1.97. The van der Waals surface area contributed by atoms with Gasteiger partial charge in [-0.05, 0) is 39.2 Å². The second-order valence-electron chi connectivity index (χ2n) is 3.06. The average Bonchev–Trinajstić information content (AvgIpc) is 3.01. The molecule has 0 unspecified atom stereocenters. The maximum atomic E-state index is 3.20. The van der Waals surface area contributed by atoms with Crippen molar-refractivity contribution in [3.63, 3.8) is 0 Å². The van der Waals surface area contributed by atoms with E-state index < -0.39 is 0 Å². The van der Waals surface area contributed by atoms with E-state index in [1.807, 2.05) is 0 Å². The summed E-state index contributed by atoms with van der Waals surface area (Å²) >= 11 is 5.08. The van der Waals surface area contributed by atoms with Gasteiger partial charge < -0.3 is 0 Å². The summed E-state index contributed by atoms with van der Waals surface area (Å²) in [6, 6.07) is 7.48. The molecule has 0 amide bonds. The van der Waals surface area contributed by atoms with Gasteiger partial charge in [0.2, 0.25) is 0 Å². The van der Waals surface area contributed by atoms with Crippen LogP contribution in [0, 0.1) is 11.4 Å². The second-order valence-corrected chi connectivity index (χ2v) is 5.43. The molecule has 0 fully saturated rings. The van der Waals surface area contributed by atoms with Crippen molar-refractivity contribution in [2.24, 2.45) is 0 Å². The molecule has 3 heterocycles. The Kier molecular flexibility index (Phi) is 2.44. The Bertz CT molecular complexity index is 480. The first-order valence-corrected chi connectivity index (χ1v) is 7.12. The van der Waals surface area contributed by atoms with Crippen molar-refractivity contribution < 1.29 is 0 Å². The fourth-order valence-corrected chi connectivity index (χ4v) is 3.58. The Morgan fingerprint density at radius 2 is 1.67 bits per heavy atom. The van der Waals surface area contributed by atoms with Gasteiger partial charge in [-0.15, -0.1) is 11.3 Å². The summed E-state index contributed by atoms with van der Waals surface area (Å²) in [5.41, 5.74) is 3.71. The van der Waals surface area contributed by atoms with Gasteiger partial charge in [0.15, 0.2) is 0 Å². The molecular formula is C12H6S3. The van der Waals surface area contributed by atoms with Crippen LogP contribution in [0.1, 0.15) is 0 Å². The summed E-state index contributed by atoms with van der Waals surface area (Å²) in [6.45, 7) is 0. The third-order valence-electron chi connectivity index (χ3n) is 2.15. The molecule has 0 aliphatic rings. The largest absolute Gasteiger partial charge is 0.152 e. The molecule has 72 valence electrons. The van der Waals surface area contributed by atoms with Crippen molar-refractivity contribution in [2.45, 2.75) is 0 Å². The molecule has 0 atom stereocenters. The van der Waals surface area contributed by atoms with E-state index in [9.17, 15) is 0 Å². The van der Waals surface area contributed by atoms with Crippen LogP contribution in [-0.2, 0) is 0 Å². The van der Waals surface area contributed by atoms with Gasteiger partial charge in [-0.25, -0.2) is 0 Å². The van der Waals surface area contributed by atoms with Crippen molar-refractivity contribution in [1.82, 2.24) is 0 Å². The summed E-state index contributed by atoms with van der Waals surface area (Å²) in [4.78, 5) is 1.27. The van der Waals surface area contributed by atoms with Crippen LogP contribution in [0.5, 0.6) is 0 Å². The molecule has 2 radical (unpaired) electrons. The Labute approximate surface area is 100 Å². The summed E-state index contributed by atoms with van der Waals surface area (Å²) in [6.07, 6.45) is 0. The average molecular weight is 246 g/mol. The molecule has 0 N–H and O–H groups in total. The van der Waals surface area contributed by atoms with Crippen LogP contribution in [0.3, 0.4) is 0 Å². The highest BCUT2D eigenvalue weighted by molar-refractivity contribution is 7.14. The Morgan fingerprint density at radius 3 is 2.33 bits per heavy atom. The number of hydrogen-bond acceptors (Lipinski definition) is 3. The Morgan fingerprint density at radius 1 is 0.933 bits per heavy atom. The molecule has 0 saturated carbocycles. The predicted molar refractivity (Wildman–Crippen MR) is 68.6 cm³/mol. The second kappa shape index (κ2) is 3.93. The molecule has 3 aromatic rings. The third kappa shape index (κ3) is 1.67. The zero-order valence-corrected chi connectivity index (χ0v) is 10.1. The van der Waals surface area contributed by atoms with Crippen LogP contribution in [0.25, 0.3) is 21.6 Å². The van der Waals surface area contributed by atoms with Gasteiger partial charge in [-0.3, -0.25) is 0 Å². The molecule has 3 rings (SSSR count). The molecule has 0 nitrogen and oxygen atoms in total. The van der Waals surface area contributed by atoms with E-state index in [0.29, 0.717) is 0 Å². The molecular weight excluding hydrogens is 240 g/mol. The van der Waals surface area contributed by atoms with E-state index >= 15 is 0 Å². The van der Waals surface area contributed by atoms with Crippen LogP contribution in [0.15, 0.2) is 33.7 Å². The molecule has 0 spiro atoms. The van der Waals surface area contributed by atoms with Gasteiger partial charge in [0.05, 0.1) is 5.38 Å². The number of thiophene rings is 3. The van der Waals surface area contributed by atoms with Crippen molar-refractivity contribution in [2.75, 3.05) is 0 Å². The minimum atomic E-state index is 1.18. The van der Waals surface area contributed by atoms with E-state index in [4.69, 9.17) is 0 Å². The lowest BCUT2D eigenvalue weighted by molar-refractivity contribution is 1.78. The van der Waals surface area contributed by atoms with Gasteiger partial charge in [0.25, 0.3) is 0 Å². The van der Waals surface area contributed by atoms with Crippen LogP contribution in [0.2, 0.25) is 0 Å². The van der Waals surface area contributed by atoms with Crippen LogP contribution < -0.4 is 0 Å². The van der Waals surface area contributed by atoms with E-state index in [0.717, 1.165) is 0 Å². The van der Waals surface area contributed by atoms with E-state index in [1.165, 1.54) is 21.6 Å². The summed E-state index contributed by atoms with van der Waals surface area (Å²) in [7, 11) is 0. The third-order valence-corrected chi connectivity index (χ3v) is 4.36. The monoisotopic (exact) mass is 246 g/mol. The molecule has 0 aliphatic heterocycles. The van der Waals surface area contributed by atoms with Crippen LogP contribution in [-0.4, -0.2) is 0 Å². The fraction of sp³-hybridized carbons (Fsp3) is 0. The van der Waals surface area contributed by atoms with Gasteiger partial charge in [-0.1, -0.05) is 0 Å². The van der Waals surface area contributed by atoms with Crippen LogP contribution in [0.4, 0.5) is 0 Å². The standard InChI is InChI=1S/C12H6S3/c1-4-13-7-9(1)11-3-6-15-12(11)10-2-5-14-8-10/h1-2,4-5,7-8H. The first kappa shape index (κ1) is 9.33. The van der Waals surface area contributed by atoms with Crippen molar-refractivity contribution in [3.05, 3.63) is 45.1 Å². The van der Waals surface area contributed by atoms with E-state index in [2.05, 4.69) is 45.1 Å². The van der Waals surface area contributed by atoms with Crippen molar-refractivity contribution >= 4 is 34.0 Å². The zero-order valence-electron chi connectivity index (χ0n) is 7.69. The van der Waals surface area contributed by atoms with Crippen molar-refractivity contribution in [1.29, 1.82) is 0 Å². The number of rotatable bonds is 2. The van der Waals surface area contributed by atoms with Crippen LogP contribution >= 0.6 is 34.0 Å². The normalized spacial score (nSPS) is 10.7. The molecule has 0 saturated heterocycles. The highest BCUT2D eigenvalue weighted by atomic mass is 32.1. The topological polar surface area (TPSA) is 0 Å². The Balaban J connectivity index is 2.15. The Hall–Kier alpha value is -0.900. The molecule has 0 aromatic carbocycles. The van der Waals surface area contributed by atoms with Gasteiger partial charge in [0.1, 0.15) is 0 Å². The zero-order chi connectivity index (χ0) is 10.1. The van der Waals surface area contributed by atoms with Gasteiger partial charge in [0, 0.05) is 22.1 Å². The molecule has 0 aliphatic carbocycles. The lowest BCUT2D eigenvalue weighted by Crippen LogP contribution is -1.72. The first-order chi connectivity index (χ1) is 7.45. The highest BCUT2D eigenvalue weighted by Gasteiger charge is 2.09. The molecule has 3 heteroatoms. The maximum Gasteiger partial charge on any atom is 0.0541 e.